The van der Waals surface area contributed by atoms with E-state index in [1.165, 1.54) is 0 Å². The fourth-order valence-corrected chi connectivity index (χ4v) is 4.11. The molecule has 0 radical (unpaired) electrons. The summed E-state index contributed by atoms with van der Waals surface area (Å²) in [6, 6.07) is 11.6. The van der Waals surface area contributed by atoms with Gasteiger partial charge in [-0.3, -0.25) is 14.2 Å². The van der Waals surface area contributed by atoms with Crippen molar-refractivity contribution in [2.24, 2.45) is 0 Å². The highest BCUT2D eigenvalue weighted by Crippen LogP contribution is 2.25. The molecular weight excluding hydrogens is 428 g/mol. The van der Waals surface area contributed by atoms with E-state index in [0.29, 0.717) is 23.4 Å². The molecule has 0 bridgehead atoms. The summed E-state index contributed by atoms with van der Waals surface area (Å²) in [6.45, 7) is 9.23. The zero-order chi connectivity index (χ0) is 23.8. The highest BCUT2D eigenvalue weighted by molar-refractivity contribution is 6.12. The molecule has 0 aliphatic rings. The normalized spacial score (nSPS) is 11.3. The van der Waals surface area contributed by atoms with Crippen LogP contribution in [0.15, 0.2) is 55.0 Å². The van der Waals surface area contributed by atoms with Gasteiger partial charge >= 0.3 is 0 Å². The van der Waals surface area contributed by atoms with Crippen molar-refractivity contribution >= 4 is 22.6 Å². The van der Waals surface area contributed by atoms with E-state index in [2.05, 4.69) is 32.5 Å². The van der Waals surface area contributed by atoms with Gasteiger partial charge in [0, 0.05) is 30.2 Å². The zero-order valence-electron chi connectivity index (χ0n) is 19.6. The number of rotatable bonds is 6. The van der Waals surface area contributed by atoms with Gasteiger partial charge in [-0.05, 0) is 45.9 Å². The first-order valence-electron chi connectivity index (χ1n) is 11.2. The van der Waals surface area contributed by atoms with Crippen molar-refractivity contribution in [1.82, 2.24) is 34.3 Å². The number of fused-ring (bicyclic) bond motifs is 1. The quantitative estimate of drug-likeness (QED) is 0.417. The molecule has 1 aromatic carbocycles. The van der Waals surface area contributed by atoms with Crippen LogP contribution in [-0.4, -0.2) is 40.2 Å². The van der Waals surface area contributed by atoms with E-state index in [9.17, 15) is 4.79 Å². The van der Waals surface area contributed by atoms with Crippen molar-refractivity contribution in [3.05, 3.63) is 83.2 Å². The smallest absolute Gasteiger partial charge is 0.256 e. The van der Waals surface area contributed by atoms with Crippen LogP contribution in [0.3, 0.4) is 0 Å². The lowest BCUT2D eigenvalue weighted by molar-refractivity contribution is 0.102. The molecule has 0 aliphatic carbocycles. The number of para-hydroxylation sites is 1. The molecule has 0 saturated carbocycles. The predicted molar refractivity (Wildman–Crippen MR) is 130 cm³/mol. The summed E-state index contributed by atoms with van der Waals surface area (Å²) in [7, 11) is 0. The van der Waals surface area contributed by atoms with Gasteiger partial charge in [0.2, 0.25) is 0 Å². The number of aryl methyl sites for hydroxylation is 4. The Bertz CT molecular complexity index is 1490. The molecule has 4 aromatic heterocycles. The van der Waals surface area contributed by atoms with Crippen LogP contribution in [0.5, 0.6) is 0 Å². The number of carbonyl (C=O) groups is 1. The SMILES string of the molecule is CCn1cc(Cn2cc(NC(=O)c3cc(C)nc4c3c(C)nn4-c3ccccc3)cn2)c(C)n1. The molecule has 0 atom stereocenters. The lowest BCUT2D eigenvalue weighted by Gasteiger charge is -2.07. The van der Waals surface area contributed by atoms with E-state index >= 15 is 0 Å². The van der Waals surface area contributed by atoms with Crippen molar-refractivity contribution in [3.63, 3.8) is 0 Å². The molecule has 34 heavy (non-hydrogen) atoms. The highest BCUT2D eigenvalue weighted by Gasteiger charge is 2.20. The van der Waals surface area contributed by atoms with Crippen LogP contribution >= 0.6 is 0 Å². The fraction of sp³-hybridized carbons (Fsp3) is 0.240. The van der Waals surface area contributed by atoms with Gasteiger partial charge in [-0.2, -0.15) is 15.3 Å². The number of benzene rings is 1. The van der Waals surface area contributed by atoms with Gasteiger partial charge in [0.05, 0.1) is 46.5 Å². The molecule has 0 fully saturated rings. The van der Waals surface area contributed by atoms with Gasteiger partial charge in [0.25, 0.3) is 5.91 Å². The van der Waals surface area contributed by atoms with Crippen molar-refractivity contribution in [2.45, 2.75) is 40.8 Å². The average Bonchev–Trinajstić information content (AvgIpc) is 3.51. The topological polar surface area (TPSA) is 95.5 Å². The summed E-state index contributed by atoms with van der Waals surface area (Å²) >= 11 is 0. The number of anilines is 1. The standard InChI is InChI=1S/C25H26N8O/c1-5-31-13-19(17(3)29-31)14-32-15-20(12-26-32)28-25(34)22-11-16(2)27-24-23(22)18(4)30-33(24)21-9-7-6-8-10-21/h6-13,15H,5,14H2,1-4H3,(H,28,34). The molecule has 4 heterocycles. The minimum Gasteiger partial charge on any atom is -0.319 e. The number of carbonyl (C=O) groups excluding carboxylic acids is 1. The molecular formula is C25H26N8O. The maximum atomic E-state index is 13.3. The van der Waals surface area contributed by atoms with Crippen molar-refractivity contribution in [3.8, 4) is 5.69 Å². The molecule has 0 spiro atoms. The van der Waals surface area contributed by atoms with Crippen LogP contribution in [0.1, 0.15) is 39.9 Å². The Hall–Kier alpha value is -4.27. The third-order valence-corrected chi connectivity index (χ3v) is 5.78. The molecule has 9 nitrogen and oxygen atoms in total. The number of nitrogens with one attached hydrogen (secondary N) is 1. The van der Waals surface area contributed by atoms with Crippen LogP contribution in [0.25, 0.3) is 16.7 Å². The van der Waals surface area contributed by atoms with Crippen LogP contribution < -0.4 is 5.32 Å². The second-order valence-electron chi connectivity index (χ2n) is 8.32. The number of amides is 1. The summed E-state index contributed by atoms with van der Waals surface area (Å²) < 4.78 is 5.49. The first kappa shape index (κ1) is 21.6. The van der Waals surface area contributed by atoms with Crippen molar-refractivity contribution in [2.75, 3.05) is 5.32 Å². The molecule has 1 amide bonds. The van der Waals surface area contributed by atoms with Gasteiger partial charge in [0.1, 0.15) is 0 Å². The van der Waals surface area contributed by atoms with E-state index in [4.69, 9.17) is 0 Å². The molecule has 0 unspecified atom stereocenters. The van der Waals surface area contributed by atoms with Crippen LogP contribution in [-0.2, 0) is 13.1 Å². The largest absolute Gasteiger partial charge is 0.319 e. The van der Waals surface area contributed by atoms with E-state index in [1.54, 1.807) is 21.6 Å². The van der Waals surface area contributed by atoms with Crippen LogP contribution in [0.4, 0.5) is 5.69 Å². The Morgan fingerprint density at radius 3 is 2.53 bits per heavy atom. The lowest BCUT2D eigenvalue weighted by Crippen LogP contribution is -2.13. The number of aromatic nitrogens is 7. The molecule has 1 N–H and O–H groups in total. The lowest BCUT2D eigenvalue weighted by atomic mass is 10.1. The minimum absolute atomic E-state index is 0.222. The van der Waals surface area contributed by atoms with Crippen LogP contribution in [0.2, 0.25) is 0 Å². The Morgan fingerprint density at radius 2 is 1.79 bits per heavy atom. The van der Waals surface area contributed by atoms with E-state index in [-0.39, 0.29) is 5.91 Å². The summed E-state index contributed by atoms with van der Waals surface area (Å²) in [5.74, 6) is -0.222. The molecule has 5 rings (SSSR count). The van der Waals surface area contributed by atoms with E-state index in [1.807, 2.05) is 68.2 Å². The Morgan fingerprint density at radius 1 is 1.00 bits per heavy atom. The van der Waals surface area contributed by atoms with Crippen molar-refractivity contribution in [1.29, 1.82) is 0 Å². The van der Waals surface area contributed by atoms with E-state index in [0.717, 1.165) is 40.3 Å². The third-order valence-electron chi connectivity index (χ3n) is 5.78. The number of hydrogen-bond acceptors (Lipinski definition) is 5. The number of pyridine rings is 1. The zero-order valence-corrected chi connectivity index (χ0v) is 19.6. The highest BCUT2D eigenvalue weighted by atomic mass is 16.1. The maximum Gasteiger partial charge on any atom is 0.256 e. The van der Waals surface area contributed by atoms with E-state index < -0.39 is 0 Å². The van der Waals surface area contributed by atoms with Gasteiger partial charge in [-0.25, -0.2) is 9.67 Å². The van der Waals surface area contributed by atoms with Gasteiger partial charge < -0.3 is 5.32 Å². The maximum absolute atomic E-state index is 13.3. The summed E-state index contributed by atoms with van der Waals surface area (Å²) in [6.07, 6.45) is 5.51. The molecule has 9 heteroatoms. The molecule has 172 valence electrons. The molecule has 0 saturated heterocycles. The summed E-state index contributed by atoms with van der Waals surface area (Å²) in [5, 5.41) is 17.3. The monoisotopic (exact) mass is 454 g/mol. The second-order valence-corrected chi connectivity index (χ2v) is 8.32. The Kier molecular flexibility index (Phi) is 5.45. The first-order valence-corrected chi connectivity index (χ1v) is 11.2. The number of nitrogens with zero attached hydrogens (tertiary/aromatic N) is 7. The predicted octanol–water partition coefficient (Wildman–Crippen LogP) is 4.06. The average molecular weight is 455 g/mol. The Balaban J connectivity index is 1.43. The Labute approximate surface area is 197 Å². The molecule has 5 aromatic rings. The third kappa shape index (κ3) is 3.96. The number of hydrogen-bond donors (Lipinski definition) is 1. The van der Waals surface area contributed by atoms with Crippen molar-refractivity contribution < 1.29 is 4.79 Å². The fourth-order valence-electron chi connectivity index (χ4n) is 4.11. The first-order chi connectivity index (χ1) is 16.4. The van der Waals surface area contributed by atoms with Gasteiger partial charge in [-0.1, -0.05) is 18.2 Å². The summed E-state index contributed by atoms with van der Waals surface area (Å²) in [4.78, 5) is 18.0. The minimum atomic E-state index is -0.222. The molecule has 0 aliphatic heterocycles. The van der Waals surface area contributed by atoms with Crippen LogP contribution in [0, 0.1) is 20.8 Å². The van der Waals surface area contributed by atoms with Gasteiger partial charge in [-0.15, -0.1) is 0 Å². The second kappa shape index (κ2) is 8.58. The van der Waals surface area contributed by atoms with Gasteiger partial charge in [0.15, 0.2) is 5.65 Å². The summed E-state index contributed by atoms with van der Waals surface area (Å²) in [5.41, 5.74) is 6.28.